The monoisotopic (exact) mass is 216 g/mol. The van der Waals surface area contributed by atoms with Crippen LogP contribution in [0.15, 0.2) is 28.2 Å². The summed E-state index contributed by atoms with van der Waals surface area (Å²) in [5, 5.41) is 0. The predicted molar refractivity (Wildman–Crippen MR) is 60.1 cm³/mol. The smallest absolute Gasteiger partial charge is 0.211 e. The van der Waals surface area contributed by atoms with Crippen LogP contribution in [-0.2, 0) is 16.1 Å². The summed E-state index contributed by atoms with van der Waals surface area (Å²) in [7, 11) is 0. The molecule has 0 aliphatic heterocycles. The molecule has 16 heavy (non-hydrogen) atoms. The van der Waals surface area contributed by atoms with Crippen molar-refractivity contribution in [3.63, 3.8) is 0 Å². The summed E-state index contributed by atoms with van der Waals surface area (Å²) in [6.45, 7) is 4.28. The van der Waals surface area contributed by atoms with Crippen LogP contribution < -0.4 is 0 Å². The Morgan fingerprint density at radius 2 is 2.00 bits per heavy atom. The van der Waals surface area contributed by atoms with E-state index in [1.807, 2.05) is 32.0 Å². The first kappa shape index (κ1) is 12.1. The van der Waals surface area contributed by atoms with Gasteiger partial charge in [0.2, 0.25) is 12.2 Å². The second-order valence-electron chi connectivity index (χ2n) is 3.65. The van der Waals surface area contributed by atoms with Gasteiger partial charge in [-0.1, -0.05) is 26.0 Å². The third kappa shape index (κ3) is 2.99. The quantitative estimate of drug-likeness (QED) is 0.573. The first-order valence-corrected chi connectivity index (χ1v) is 4.93. The molecule has 0 atom stereocenters. The Bertz CT molecular complexity index is 468. The highest BCUT2D eigenvalue weighted by Crippen LogP contribution is 2.25. The van der Waals surface area contributed by atoms with Crippen LogP contribution in [0.5, 0.6) is 0 Å². The van der Waals surface area contributed by atoms with Gasteiger partial charge < -0.3 is 0 Å². The van der Waals surface area contributed by atoms with E-state index in [-0.39, 0.29) is 6.54 Å². The fraction of sp³-hybridized carbons (Fsp3) is 0.333. The molecule has 1 rings (SSSR count). The SMILES string of the molecule is CC(C)c1ccc(CN=C=O)c(N=C=O)c1. The van der Waals surface area contributed by atoms with Crippen LogP contribution in [0.4, 0.5) is 5.69 Å². The Kier molecular flexibility index (Phi) is 4.34. The molecule has 0 saturated heterocycles. The molecule has 0 bridgehead atoms. The zero-order valence-electron chi connectivity index (χ0n) is 9.23. The van der Waals surface area contributed by atoms with Crippen molar-refractivity contribution in [1.82, 2.24) is 0 Å². The third-order valence-electron chi connectivity index (χ3n) is 2.26. The van der Waals surface area contributed by atoms with E-state index in [4.69, 9.17) is 0 Å². The molecule has 4 heteroatoms. The van der Waals surface area contributed by atoms with E-state index in [1.54, 1.807) is 0 Å². The second kappa shape index (κ2) is 5.76. The van der Waals surface area contributed by atoms with E-state index in [2.05, 4.69) is 9.98 Å². The van der Waals surface area contributed by atoms with Crippen molar-refractivity contribution in [2.45, 2.75) is 26.3 Å². The molecule has 0 amide bonds. The Labute approximate surface area is 93.7 Å². The van der Waals surface area contributed by atoms with Gasteiger partial charge in [-0.3, -0.25) is 0 Å². The van der Waals surface area contributed by atoms with Crippen molar-refractivity contribution in [2.75, 3.05) is 0 Å². The maximum atomic E-state index is 10.3. The Morgan fingerprint density at radius 1 is 1.25 bits per heavy atom. The van der Waals surface area contributed by atoms with Gasteiger partial charge in [-0.25, -0.2) is 14.6 Å². The molecular formula is C12H12N2O2. The Hall–Kier alpha value is -2.02. The number of carbonyl (C=O) groups excluding carboxylic acids is 2. The molecule has 0 unspecified atom stereocenters. The minimum Gasteiger partial charge on any atom is -0.211 e. The zero-order chi connectivity index (χ0) is 12.0. The van der Waals surface area contributed by atoms with Gasteiger partial charge in [0.25, 0.3) is 0 Å². The van der Waals surface area contributed by atoms with Gasteiger partial charge >= 0.3 is 0 Å². The van der Waals surface area contributed by atoms with Crippen molar-refractivity contribution in [3.8, 4) is 0 Å². The zero-order valence-corrected chi connectivity index (χ0v) is 9.23. The summed E-state index contributed by atoms with van der Waals surface area (Å²) in [6, 6.07) is 5.56. The third-order valence-corrected chi connectivity index (χ3v) is 2.26. The second-order valence-corrected chi connectivity index (χ2v) is 3.65. The van der Waals surface area contributed by atoms with E-state index < -0.39 is 0 Å². The minimum absolute atomic E-state index is 0.183. The largest absolute Gasteiger partial charge is 0.240 e. The molecule has 0 spiro atoms. The van der Waals surface area contributed by atoms with Crippen molar-refractivity contribution in [2.24, 2.45) is 9.98 Å². The van der Waals surface area contributed by atoms with E-state index in [1.165, 1.54) is 12.2 Å². The van der Waals surface area contributed by atoms with Crippen LogP contribution in [-0.4, -0.2) is 12.2 Å². The van der Waals surface area contributed by atoms with Crippen LogP contribution in [0.2, 0.25) is 0 Å². The molecule has 0 N–H and O–H groups in total. The summed E-state index contributed by atoms with van der Waals surface area (Å²) in [6.07, 6.45) is 2.96. The van der Waals surface area contributed by atoms with Crippen LogP contribution in [0, 0.1) is 0 Å². The lowest BCUT2D eigenvalue weighted by molar-refractivity contribution is 0.563. The number of hydrogen-bond acceptors (Lipinski definition) is 4. The molecule has 0 fully saturated rings. The molecule has 82 valence electrons. The average Bonchev–Trinajstić information content (AvgIpc) is 2.27. The molecule has 0 aliphatic carbocycles. The van der Waals surface area contributed by atoms with Crippen molar-refractivity contribution >= 4 is 17.8 Å². The molecule has 0 aliphatic rings. The van der Waals surface area contributed by atoms with E-state index in [0.29, 0.717) is 11.6 Å². The lowest BCUT2D eigenvalue weighted by atomic mass is 10.0. The van der Waals surface area contributed by atoms with Crippen LogP contribution >= 0.6 is 0 Å². The van der Waals surface area contributed by atoms with Crippen molar-refractivity contribution in [3.05, 3.63) is 29.3 Å². The normalized spacial score (nSPS) is 9.44. The molecule has 0 saturated carbocycles. The summed E-state index contributed by atoms with van der Waals surface area (Å²) in [4.78, 5) is 27.4. The van der Waals surface area contributed by atoms with Crippen molar-refractivity contribution in [1.29, 1.82) is 0 Å². The molecule has 1 aromatic rings. The van der Waals surface area contributed by atoms with Crippen LogP contribution in [0.1, 0.15) is 30.9 Å². The highest BCUT2D eigenvalue weighted by molar-refractivity contribution is 5.56. The Balaban J connectivity index is 3.18. The first-order chi connectivity index (χ1) is 7.69. The summed E-state index contributed by atoms with van der Waals surface area (Å²) >= 11 is 0. The van der Waals surface area contributed by atoms with Gasteiger partial charge in [-0.05, 0) is 17.5 Å². The number of rotatable bonds is 4. The van der Waals surface area contributed by atoms with Gasteiger partial charge in [0.1, 0.15) is 0 Å². The van der Waals surface area contributed by atoms with Crippen LogP contribution in [0.3, 0.4) is 0 Å². The highest BCUT2D eigenvalue weighted by Gasteiger charge is 2.05. The molecular weight excluding hydrogens is 204 g/mol. The molecule has 4 nitrogen and oxygen atoms in total. The van der Waals surface area contributed by atoms with Gasteiger partial charge in [0.15, 0.2) is 0 Å². The van der Waals surface area contributed by atoms with Gasteiger partial charge in [0.05, 0.1) is 12.2 Å². The predicted octanol–water partition coefficient (Wildman–Crippen LogP) is 2.61. The number of benzene rings is 1. The fourth-order valence-corrected chi connectivity index (χ4v) is 1.34. The lowest BCUT2D eigenvalue weighted by Crippen LogP contribution is -1.90. The molecule has 0 aromatic heterocycles. The standard InChI is InChI=1S/C12H12N2O2/c1-9(2)10-3-4-11(6-13-7-15)12(5-10)14-8-16/h3-5,9H,6H2,1-2H3. The van der Waals surface area contributed by atoms with Gasteiger partial charge in [0, 0.05) is 5.56 Å². The average molecular weight is 216 g/mol. The number of aliphatic imine (C=N–C) groups is 2. The number of hydrogen-bond donors (Lipinski definition) is 0. The fourth-order valence-electron chi connectivity index (χ4n) is 1.34. The molecule has 0 radical (unpaired) electrons. The molecule has 1 aromatic carbocycles. The number of nitrogens with zero attached hydrogens (tertiary/aromatic N) is 2. The highest BCUT2D eigenvalue weighted by atomic mass is 16.1. The first-order valence-electron chi connectivity index (χ1n) is 4.93. The maximum Gasteiger partial charge on any atom is 0.240 e. The van der Waals surface area contributed by atoms with Crippen molar-refractivity contribution < 1.29 is 9.59 Å². The summed E-state index contributed by atoms with van der Waals surface area (Å²) < 4.78 is 0. The van der Waals surface area contributed by atoms with E-state index in [9.17, 15) is 9.59 Å². The number of isocyanates is 2. The minimum atomic E-state index is 0.183. The maximum absolute atomic E-state index is 10.3. The van der Waals surface area contributed by atoms with Gasteiger partial charge in [-0.2, -0.15) is 4.99 Å². The topological polar surface area (TPSA) is 58.9 Å². The van der Waals surface area contributed by atoms with E-state index in [0.717, 1.165) is 11.1 Å². The molecule has 0 heterocycles. The van der Waals surface area contributed by atoms with E-state index >= 15 is 0 Å². The summed E-state index contributed by atoms with van der Waals surface area (Å²) in [5.41, 5.74) is 2.31. The lowest BCUT2D eigenvalue weighted by Gasteiger charge is -2.08. The summed E-state index contributed by atoms with van der Waals surface area (Å²) in [5.74, 6) is 0.351. The van der Waals surface area contributed by atoms with Gasteiger partial charge in [-0.15, -0.1) is 0 Å². The van der Waals surface area contributed by atoms with Crippen LogP contribution in [0.25, 0.3) is 0 Å². The Morgan fingerprint density at radius 3 is 2.56 bits per heavy atom.